The summed E-state index contributed by atoms with van der Waals surface area (Å²) in [7, 11) is 0. The molecular formula is C19H22N2O2. The molecule has 0 amide bonds. The maximum absolute atomic E-state index is 11.6. The first-order chi connectivity index (χ1) is 11.2. The van der Waals surface area contributed by atoms with Gasteiger partial charge in [-0.15, -0.1) is 0 Å². The number of likely N-dealkylation sites (tertiary alicyclic amines) is 1. The van der Waals surface area contributed by atoms with E-state index in [0.29, 0.717) is 0 Å². The van der Waals surface area contributed by atoms with Crippen LogP contribution in [0.1, 0.15) is 35.7 Å². The summed E-state index contributed by atoms with van der Waals surface area (Å²) in [6.07, 6.45) is 4.18. The van der Waals surface area contributed by atoms with E-state index in [1.54, 1.807) is 6.20 Å². The molecule has 2 atom stereocenters. The van der Waals surface area contributed by atoms with Gasteiger partial charge in [0.25, 0.3) is 0 Å². The number of carbonyl (C=O) groups is 1. The summed E-state index contributed by atoms with van der Waals surface area (Å²) in [6.45, 7) is 2.91. The Morgan fingerprint density at radius 2 is 2.09 bits per heavy atom. The summed E-state index contributed by atoms with van der Waals surface area (Å²) >= 11 is 0. The third-order valence-corrected chi connectivity index (χ3v) is 4.66. The lowest BCUT2D eigenvalue weighted by Gasteiger charge is -2.32. The van der Waals surface area contributed by atoms with Crippen molar-refractivity contribution in [3.63, 3.8) is 0 Å². The van der Waals surface area contributed by atoms with E-state index in [1.165, 1.54) is 11.1 Å². The minimum atomic E-state index is -0.720. The highest BCUT2D eigenvalue weighted by molar-refractivity contribution is 5.74. The molecule has 1 aliphatic heterocycles. The van der Waals surface area contributed by atoms with E-state index in [1.807, 2.05) is 30.3 Å². The van der Waals surface area contributed by atoms with Crippen molar-refractivity contribution in [2.45, 2.75) is 38.3 Å². The van der Waals surface area contributed by atoms with Crippen molar-refractivity contribution in [1.82, 2.24) is 9.88 Å². The second-order valence-corrected chi connectivity index (χ2v) is 6.13. The average Bonchev–Trinajstić information content (AvgIpc) is 3.04. The Labute approximate surface area is 136 Å². The number of aliphatic carboxylic acids is 1. The molecule has 3 rings (SSSR count). The second kappa shape index (κ2) is 6.92. The Balaban J connectivity index is 1.96. The maximum Gasteiger partial charge on any atom is 0.320 e. The molecule has 1 aromatic carbocycles. The molecule has 120 valence electrons. The number of rotatable bonds is 5. The lowest BCUT2D eigenvalue weighted by atomic mass is 9.95. The molecule has 1 saturated heterocycles. The van der Waals surface area contributed by atoms with Crippen molar-refractivity contribution in [3.05, 3.63) is 65.5 Å². The topological polar surface area (TPSA) is 53.4 Å². The number of nitrogens with zero attached hydrogens (tertiary/aromatic N) is 2. The predicted molar refractivity (Wildman–Crippen MR) is 89.2 cm³/mol. The van der Waals surface area contributed by atoms with E-state index < -0.39 is 12.0 Å². The van der Waals surface area contributed by atoms with Gasteiger partial charge in [-0.25, -0.2) is 0 Å². The van der Waals surface area contributed by atoms with Crippen LogP contribution in [0.15, 0.2) is 48.7 Å². The van der Waals surface area contributed by atoms with Crippen LogP contribution in [0.5, 0.6) is 0 Å². The van der Waals surface area contributed by atoms with Gasteiger partial charge in [0.2, 0.25) is 0 Å². The van der Waals surface area contributed by atoms with Crippen LogP contribution in [-0.2, 0) is 11.2 Å². The molecular weight excluding hydrogens is 288 g/mol. The molecule has 2 heterocycles. The van der Waals surface area contributed by atoms with Crippen LogP contribution in [0.4, 0.5) is 0 Å². The Kier molecular flexibility index (Phi) is 4.72. The average molecular weight is 310 g/mol. The number of hydrogen-bond donors (Lipinski definition) is 1. The third-order valence-electron chi connectivity index (χ3n) is 4.66. The minimum Gasteiger partial charge on any atom is -0.480 e. The van der Waals surface area contributed by atoms with E-state index >= 15 is 0 Å². The summed E-state index contributed by atoms with van der Waals surface area (Å²) in [5.41, 5.74) is 3.40. The molecule has 4 heteroatoms. The van der Waals surface area contributed by atoms with Crippen molar-refractivity contribution < 1.29 is 9.90 Å². The lowest BCUT2D eigenvalue weighted by molar-refractivity contribution is -0.143. The first-order valence-electron chi connectivity index (χ1n) is 8.11. The van der Waals surface area contributed by atoms with E-state index in [0.717, 1.165) is 31.5 Å². The summed E-state index contributed by atoms with van der Waals surface area (Å²) < 4.78 is 0. The van der Waals surface area contributed by atoms with E-state index in [9.17, 15) is 9.90 Å². The van der Waals surface area contributed by atoms with Crippen LogP contribution in [0.3, 0.4) is 0 Å². The SMILES string of the molecule is Cc1ccccc1C(Cc1ccccn1)N1CCCC1C(=O)O. The highest BCUT2D eigenvalue weighted by atomic mass is 16.4. The normalized spacial score (nSPS) is 19.6. The van der Waals surface area contributed by atoms with Gasteiger partial charge >= 0.3 is 5.97 Å². The van der Waals surface area contributed by atoms with Crippen LogP contribution < -0.4 is 0 Å². The smallest absolute Gasteiger partial charge is 0.320 e. The van der Waals surface area contributed by atoms with Crippen molar-refractivity contribution in [2.24, 2.45) is 0 Å². The predicted octanol–water partition coefficient (Wildman–Crippen LogP) is 3.22. The highest BCUT2D eigenvalue weighted by Crippen LogP contribution is 2.33. The van der Waals surface area contributed by atoms with Gasteiger partial charge in [0.15, 0.2) is 0 Å². The maximum atomic E-state index is 11.6. The van der Waals surface area contributed by atoms with E-state index in [2.05, 4.69) is 28.9 Å². The standard InChI is InChI=1S/C19H22N2O2/c1-14-7-2-3-9-16(14)18(13-15-8-4-5-11-20-15)21-12-6-10-17(21)19(22)23/h2-5,7-9,11,17-18H,6,10,12-13H2,1H3,(H,22,23). The number of hydrogen-bond acceptors (Lipinski definition) is 3. The lowest BCUT2D eigenvalue weighted by Crippen LogP contribution is -2.40. The molecule has 0 spiro atoms. The van der Waals surface area contributed by atoms with E-state index in [-0.39, 0.29) is 6.04 Å². The van der Waals surface area contributed by atoms with Gasteiger partial charge in [-0.1, -0.05) is 30.3 Å². The van der Waals surface area contributed by atoms with Gasteiger partial charge in [-0.2, -0.15) is 0 Å². The fourth-order valence-corrected chi connectivity index (χ4v) is 3.51. The molecule has 4 nitrogen and oxygen atoms in total. The second-order valence-electron chi connectivity index (χ2n) is 6.13. The number of carboxylic acids is 1. The number of carboxylic acid groups (broad SMARTS) is 1. The Bertz CT molecular complexity index is 672. The van der Waals surface area contributed by atoms with Crippen LogP contribution in [-0.4, -0.2) is 33.5 Å². The number of benzene rings is 1. The van der Waals surface area contributed by atoms with Crippen LogP contribution >= 0.6 is 0 Å². The summed E-state index contributed by atoms with van der Waals surface area (Å²) in [5.74, 6) is -0.720. The van der Waals surface area contributed by atoms with Crippen molar-refractivity contribution in [2.75, 3.05) is 6.54 Å². The minimum absolute atomic E-state index is 0.0506. The molecule has 0 aliphatic carbocycles. The fourth-order valence-electron chi connectivity index (χ4n) is 3.51. The largest absolute Gasteiger partial charge is 0.480 e. The molecule has 0 saturated carbocycles. The Morgan fingerprint density at radius 1 is 1.30 bits per heavy atom. The molecule has 0 bridgehead atoms. The van der Waals surface area contributed by atoms with Gasteiger partial charge in [0.1, 0.15) is 6.04 Å². The molecule has 2 unspecified atom stereocenters. The first-order valence-corrected chi connectivity index (χ1v) is 8.11. The quantitative estimate of drug-likeness (QED) is 0.921. The van der Waals surface area contributed by atoms with Gasteiger partial charge in [-0.05, 0) is 49.6 Å². The monoisotopic (exact) mass is 310 g/mol. The van der Waals surface area contributed by atoms with Crippen LogP contribution in [0.25, 0.3) is 0 Å². The fraction of sp³-hybridized carbons (Fsp3) is 0.368. The molecule has 1 fully saturated rings. The van der Waals surface area contributed by atoms with Crippen molar-refractivity contribution >= 4 is 5.97 Å². The van der Waals surface area contributed by atoms with E-state index in [4.69, 9.17) is 0 Å². The Hall–Kier alpha value is -2.20. The number of pyridine rings is 1. The van der Waals surface area contributed by atoms with Gasteiger partial charge in [0.05, 0.1) is 0 Å². The molecule has 1 aromatic heterocycles. The van der Waals surface area contributed by atoms with Crippen LogP contribution in [0, 0.1) is 6.92 Å². The summed E-state index contributed by atoms with van der Waals surface area (Å²) in [4.78, 5) is 18.2. The zero-order valence-electron chi connectivity index (χ0n) is 13.4. The number of aromatic nitrogens is 1. The van der Waals surface area contributed by atoms with Gasteiger partial charge < -0.3 is 5.11 Å². The van der Waals surface area contributed by atoms with Crippen molar-refractivity contribution in [1.29, 1.82) is 0 Å². The summed E-state index contributed by atoms with van der Waals surface area (Å²) in [5, 5.41) is 9.56. The molecule has 2 aromatic rings. The number of aryl methyl sites for hydroxylation is 1. The Morgan fingerprint density at radius 3 is 2.78 bits per heavy atom. The first kappa shape index (κ1) is 15.7. The molecule has 23 heavy (non-hydrogen) atoms. The zero-order chi connectivity index (χ0) is 16.2. The third kappa shape index (κ3) is 3.42. The molecule has 1 aliphatic rings. The zero-order valence-corrected chi connectivity index (χ0v) is 13.4. The van der Waals surface area contributed by atoms with Crippen LogP contribution in [0.2, 0.25) is 0 Å². The van der Waals surface area contributed by atoms with Gasteiger partial charge in [-0.3, -0.25) is 14.7 Å². The highest BCUT2D eigenvalue weighted by Gasteiger charge is 2.36. The van der Waals surface area contributed by atoms with Crippen molar-refractivity contribution in [3.8, 4) is 0 Å². The van der Waals surface area contributed by atoms with Gasteiger partial charge in [0, 0.05) is 24.4 Å². The molecule has 0 radical (unpaired) electrons. The molecule has 1 N–H and O–H groups in total. The summed E-state index contributed by atoms with van der Waals surface area (Å²) in [6, 6.07) is 13.8.